The lowest BCUT2D eigenvalue weighted by molar-refractivity contribution is 0.484. The monoisotopic (exact) mass is 541 g/mol. The summed E-state index contributed by atoms with van der Waals surface area (Å²) < 4.78 is 6.55. The number of ether oxygens (including phenoxy) is 1. The number of para-hydroxylation sites is 1. The molecule has 8 rings (SSSR count). The summed E-state index contributed by atoms with van der Waals surface area (Å²) >= 11 is 0. The Balaban J connectivity index is 1.37. The van der Waals surface area contributed by atoms with Crippen molar-refractivity contribution in [3.63, 3.8) is 0 Å². The van der Waals surface area contributed by atoms with Crippen LogP contribution in [0.2, 0.25) is 0 Å². The number of benzene rings is 6. The molecule has 2 aliphatic heterocycles. The van der Waals surface area contributed by atoms with Crippen LogP contribution in [0.1, 0.15) is 36.1 Å². The van der Waals surface area contributed by atoms with Gasteiger partial charge in [-0.3, -0.25) is 0 Å². The molecule has 0 unspecified atom stereocenters. The first-order valence-corrected chi connectivity index (χ1v) is 14.8. The number of hydrogen-bond donors (Lipinski definition) is 0. The van der Waals surface area contributed by atoms with E-state index in [1.54, 1.807) is 0 Å². The summed E-state index contributed by atoms with van der Waals surface area (Å²) in [5.74, 6) is 1.95. The van der Waals surface area contributed by atoms with Crippen LogP contribution in [0.5, 0.6) is 11.5 Å². The second-order valence-electron chi connectivity index (χ2n) is 12.3. The quantitative estimate of drug-likeness (QED) is 0.209. The highest BCUT2D eigenvalue weighted by Crippen LogP contribution is 2.43. The highest BCUT2D eigenvalue weighted by molar-refractivity contribution is 6.98. The fourth-order valence-corrected chi connectivity index (χ4v) is 7.45. The SMILES string of the molecule is Cc1ccc2c(c1)B1c3ccc(N(c4ccccc4)c4ccc5ccccc5c4)cc3C(C)(C)c3c(C)ccc(c31)O2. The maximum Gasteiger partial charge on any atom is 0.251 e. The Morgan fingerprint density at radius 3 is 2.14 bits per heavy atom. The lowest BCUT2D eigenvalue weighted by Crippen LogP contribution is -2.62. The van der Waals surface area contributed by atoms with Crippen molar-refractivity contribution in [2.75, 3.05) is 4.90 Å². The summed E-state index contributed by atoms with van der Waals surface area (Å²) in [6.07, 6.45) is 0. The van der Waals surface area contributed by atoms with Crippen LogP contribution in [0.15, 0.2) is 121 Å². The zero-order chi connectivity index (χ0) is 28.6. The third-order valence-corrected chi connectivity index (χ3v) is 9.31. The number of rotatable bonds is 3. The minimum absolute atomic E-state index is 0.140. The van der Waals surface area contributed by atoms with Crippen LogP contribution in [0.3, 0.4) is 0 Å². The Morgan fingerprint density at radius 2 is 1.31 bits per heavy atom. The number of hydrogen-bond acceptors (Lipinski definition) is 2. The van der Waals surface area contributed by atoms with E-state index in [4.69, 9.17) is 4.74 Å². The van der Waals surface area contributed by atoms with Gasteiger partial charge < -0.3 is 9.64 Å². The van der Waals surface area contributed by atoms with E-state index in [9.17, 15) is 0 Å². The summed E-state index contributed by atoms with van der Waals surface area (Å²) in [6.45, 7) is 9.32. The normalized spacial score (nSPS) is 14.0. The Kier molecular flexibility index (Phi) is 5.43. The third-order valence-electron chi connectivity index (χ3n) is 9.31. The van der Waals surface area contributed by atoms with Crippen LogP contribution in [0, 0.1) is 13.8 Å². The highest BCUT2D eigenvalue weighted by atomic mass is 16.5. The maximum absolute atomic E-state index is 6.55. The van der Waals surface area contributed by atoms with Crippen molar-refractivity contribution >= 4 is 50.9 Å². The standard InChI is InChI=1S/C39H32BNO/c1-25-14-20-35-34(22-25)40-33-19-18-31(24-32(33)39(3,4)37-26(2)15-21-36(42-35)38(37)40)41(29-12-6-5-7-13-29)30-17-16-27-10-8-9-11-28(27)23-30/h5-24H,1-4H3. The molecule has 0 radical (unpaired) electrons. The minimum atomic E-state index is -0.201. The van der Waals surface area contributed by atoms with Gasteiger partial charge in [-0.05, 0) is 101 Å². The molecule has 3 heteroatoms. The fraction of sp³-hybridized carbons (Fsp3) is 0.128. The van der Waals surface area contributed by atoms with Crippen LogP contribution in [-0.4, -0.2) is 6.71 Å². The van der Waals surface area contributed by atoms with Crippen molar-refractivity contribution < 1.29 is 4.74 Å². The van der Waals surface area contributed by atoms with Gasteiger partial charge in [0.25, 0.3) is 6.71 Å². The Labute approximate surface area is 248 Å². The summed E-state index contributed by atoms with van der Waals surface area (Å²) in [5, 5.41) is 2.48. The molecule has 0 saturated heterocycles. The van der Waals surface area contributed by atoms with E-state index < -0.39 is 0 Å². The van der Waals surface area contributed by atoms with E-state index in [0.29, 0.717) is 0 Å². The van der Waals surface area contributed by atoms with Gasteiger partial charge >= 0.3 is 0 Å². The molecular formula is C39H32BNO. The molecule has 0 amide bonds. The fourth-order valence-electron chi connectivity index (χ4n) is 7.45. The molecule has 0 bridgehead atoms. The third kappa shape index (κ3) is 3.66. The first kappa shape index (κ1) is 25.0. The number of fused-ring (bicyclic) bond motifs is 5. The van der Waals surface area contributed by atoms with Crippen molar-refractivity contribution in [2.45, 2.75) is 33.1 Å². The van der Waals surface area contributed by atoms with E-state index in [0.717, 1.165) is 28.6 Å². The van der Waals surface area contributed by atoms with Crippen molar-refractivity contribution in [3.05, 3.63) is 144 Å². The molecule has 0 saturated carbocycles. The average molecular weight is 542 g/mol. The second kappa shape index (κ2) is 9.12. The molecule has 42 heavy (non-hydrogen) atoms. The predicted molar refractivity (Wildman–Crippen MR) is 178 cm³/mol. The molecule has 6 aromatic carbocycles. The first-order chi connectivity index (χ1) is 20.4. The van der Waals surface area contributed by atoms with E-state index in [1.807, 2.05) is 0 Å². The molecule has 0 fully saturated rings. The van der Waals surface area contributed by atoms with Gasteiger partial charge in [-0.2, -0.15) is 0 Å². The van der Waals surface area contributed by atoms with E-state index in [2.05, 4.69) is 154 Å². The molecule has 6 aromatic rings. The largest absolute Gasteiger partial charge is 0.458 e. The van der Waals surface area contributed by atoms with Gasteiger partial charge in [-0.15, -0.1) is 0 Å². The maximum atomic E-state index is 6.55. The minimum Gasteiger partial charge on any atom is -0.458 e. The van der Waals surface area contributed by atoms with Crippen LogP contribution in [0.25, 0.3) is 10.8 Å². The summed E-state index contributed by atoms with van der Waals surface area (Å²) in [6, 6.07) is 44.2. The van der Waals surface area contributed by atoms with Crippen molar-refractivity contribution in [2.24, 2.45) is 0 Å². The molecule has 0 aliphatic carbocycles. The van der Waals surface area contributed by atoms with Crippen LogP contribution < -0.4 is 26.0 Å². The topological polar surface area (TPSA) is 12.5 Å². The molecule has 2 aliphatic rings. The lowest BCUT2D eigenvalue weighted by atomic mass is 9.30. The Hall–Kier alpha value is -4.76. The zero-order valence-corrected chi connectivity index (χ0v) is 24.5. The molecule has 0 aromatic heterocycles. The van der Waals surface area contributed by atoms with Gasteiger partial charge in [0.15, 0.2) is 0 Å². The van der Waals surface area contributed by atoms with Crippen LogP contribution in [0.4, 0.5) is 17.1 Å². The van der Waals surface area contributed by atoms with Crippen molar-refractivity contribution in [1.29, 1.82) is 0 Å². The number of nitrogens with zero attached hydrogens (tertiary/aromatic N) is 1. The molecular weight excluding hydrogens is 509 g/mol. The first-order valence-electron chi connectivity index (χ1n) is 14.8. The van der Waals surface area contributed by atoms with E-state index in [-0.39, 0.29) is 12.1 Å². The van der Waals surface area contributed by atoms with E-state index >= 15 is 0 Å². The van der Waals surface area contributed by atoms with Crippen LogP contribution >= 0.6 is 0 Å². The van der Waals surface area contributed by atoms with Gasteiger partial charge in [0.05, 0.1) is 0 Å². The molecule has 0 spiro atoms. The predicted octanol–water partition coefficient (Wildman–Crippen LogP) is 8.19. The molecule has 2 heterocycles. The molecule has 0 atom stereocenters. The van der Waals surface area contributed by atoms with Crippen molar-refractivity contribution in [3.8, 4) is 11.5 Å². The lowest BCUT2D eigenvalue weighted by Gasteiger charge is -2.43. The molecule has 0 N–H and O–H groups in total. The van der Waals surface area contributed by atoms with Gasteiger partial charge in [0.2, 0.25) is 0 Å². The summed E-state index contributed by atoms with van der Waals surface area (Å²) in [5.41, 5.74) is 12.5. The number of anilines is 3. The van der Waals surface area contributed by atoms with Crippen LogP contribution in [-0.2, 0) is 5.41 Å². The zero-order valence-electron chi connectivity index (χ0n) is 24.5. The summed E-state index contributed by atoms with van der Waals surface area (Å²) in [7, 11) is 0. The van der Waals surface area contributed by atoms with Gasteiger partial charge in [0, 0.05) is 22.5 Å². The summed E-state index contributed by atoms with van der Waals surface area (Å²) in [4.78, 5) is 2.39. The molecule has 202 valence electrons. The average Bonchev–Trinajstić information content (AvgIpc) is 3.00. The Bertz CT molecular complexity index is 2030. The molecule has 2 nitrogen and oxygen atoms in total. The van der Waals surface area contributed by atoms with Gasteiger partial charge in [0.1, 0.15) is 11.5 Å². The van der Waals surface area contributed by atoms with Gasteiger partial charge in [-0.1, -0.05) is 97.7 Å². The van der Waals surface area contributed by atoms with E-state index in [1.165, 1.54) is 49.4 Å². The Morgan fingerprint density at radius 1 is 0.595 bits per heavy atom. The van der Waals surface area contributed by atoms with Gasteiger partial charge in [-0.25, -0.2) is 0 Å². The number of aryl methyl sites for hydroxylation is 2. The smallest absolute Gasteiger partial charge is 0.251 e. The van der Waals surface area contributed by atoms with Crippen molar-refractivity contribution in [1.82, 2.24) is 0 Å². The second-order valence-corrected chi connectivity index (χ2v) is 12.3. The highest BCUT2D eigenvalue weighted by Gasteiger charge is 2.45.